The van der Waals surface area contributed by atoms with E-state index in [0.717, 1.165) is 11.1 Å². The molecule has 4 aromatic rings. The lowest BCUT2D eigenvalue weighted by atomic mass is 9.55. The topological polar surface area (TPSA) is 134 Å². The van der Waals surface area contributed by atoms with Gasteiger partial charge in [-0.15, -0.1) is 0 Å². The van der Waals surface area contributed by atoms with E-state index in [2.05, 4.69) is 0 Å². The summed E-state index contributed by atoms with van der Waals surface area (Å²) in [5.41, 5.74) is 1.49. The zero-order valence-electron chi connectivity index (χ0n) is 25.4. The minimum atomic E-state index is -1.54. The summed E-state index contributed by atoms with van der Waals surface area (Å²) in [6.45, 7) is 0.248. The molecule has 2 amide bonds. The Labute approximate surface area is 266 Å². The average Bonchev–Trinajstić information content (AvgIpc) is 3.03. The molecule has 1 fully saturated rings. The molecule has 1 saturated carbocycles. The first-order valence-electron chi connectivity index (χ1n) is 14.7. The fourth-order valence-electron chi connectivity index (χ4n) is 5.76. The van der Waals surface area contributed by atoms with Crippen molar-refractivity contribution in [3.63, 3.8) is 0 Å². The molecule has 1 aliphatic rings. The van der Waals surface area contributed by atoms with Gasteiger partial charge in [0.1, 0.15) is 23.0 Å². The fourth-order valence-corrected chi connectivity index (χ4v) is 5.76. The second-order valence-electron chi connectivity index (χ2n) is 11.3. The minimum Gasteiger partial charge on any atom is -0.481 e. The van der Waals surface area contributed by atoms with Crippen LogP contribution < -0.4 is 9.47 Å². The first-order chi connectivity index (χ1) is 22.1. The molecule has 10 heteroatoms. The molecular formula is C36H34N2O8. The Bertz CT molecular complexity index is 1550. The zero-order valence-corrected chi connectivity index (χ0v) is 25.4. The lowest BCUT2D eigenvalue weighted by Crippen LogP contribution is -2.63. The highest BCUT2D eigenvalue weighted by molar-refractivity contribution is 5.99. The molecule has 0 spiro atoms. The molecule has 0 bridgehead atoms. The number of aliphatic carboxylic acids is 2. The van der Waals surface area contributed by atoms with Crippen LogP contribution in [-0.4, -0.2) is 57.9 Å². The van der Waals surface area contributed by atoms with Crippen LogP contribution in [0.4, 0.5) is 0 Å². The highest BCUT2D eigenvalue weighted by atomic mass is 16.5. The number of benzene rings is 4. The summed E-state index contributed by atoms with van der Waals surface area (Å²) in [6, 6.07) is 32.7. The van der Waals surface area contributed by atoms with E-state index in [1.54, 1.807) is 48.5 Å². The van der Waals surface area contributed by atoms with Gasteiger partial charge in [-0.1, -0.05) is 60.7 Å². The van der Waals surface area contributed by atoms with Crippen LogP contribution in [0.2, 0.25) is 0 Å². The molecule has 0 saturated heterocycles. The lowest BCUT2D eigenvalue weighted by Gasteiger charge is -2.47. The van der Waals surface area contributed by atoms with Crippen molar-refractivity contribution in [2.75, 3.05) is 14.1 Å². The number of hydrogen-bond acceptors (Lipinski definition) is 6. The van der Waals surface area contributed by atoms with Crippen LogP contribution >= 0.6 is 0 Å². The van der Waals surface area contributed by atoms with Crippen LogP contribution in [0.25, 0.3) is 0 Å². The summed E-state index contributed by atoms with van der Waals surface area (Å²) in [6.07, 6.45) is 0. The number of hydrogen-bond donors (Lipinski definition) is 2. The minimum absolute atomic E-state index is 0.124. The van der Waals surface area contributed by atoms with Gasteiger partial charge in [-0.2, -0.15) is 0 Å². The van der Waals surface area contributed by atoms with Crippen molar-refractivity contribution in [1.82, 2.24) is 9.80 Å². The van der Waals surface area contributed by atoms with Crippen molar-refractivity contribution in [1.29, 1.82) is 0 Å². The van der Waals surface area contributed by atoms with Gasteiger partial charge in [-0.05, 0) is 59.7 Å². The van der Waals surface area contributed by atoms with E-state index < -0.39 is 47.4 Å². The predicted octanol–water partition coefficient (Wildman–Crippen LogP) is 5.54. The number of carboxylic acids is 2. The number of nitrogens with zero attached hydrogens (tertiary/aromatic N) is 2. The average molecular weight is 623 g/mol. The first kappa shape index (κ1) is 31.8. The van der Waals surface area contributed by atoms with Gasteiger partial charge in [0, 0.05) is 27.2 Å². The van der Waals surface area contributed by atoms with E-state index in [9.17, 15) is 29.4 Å². The SMILES string of the molecule is CN(Cc1ccc(Oc2ccccc2)cc1)C(=O)C1C(C(=O)O)C(C(=O)O)C1C(=O)N(C)Cc1ccc(Oc2ccccc2)cc1. The fraction of sp³-hybridized carbons (Fsp3) is 0.222. The molecule has 5 rings (SSSR count). The molecule has 0 radical (unpaired) electrons. The number of rotatable bonds is 12. The maximum Gasteiger partial charge on any atom is 0.308 e. The number of ether oxygens (including phenoxy) is 2. The second-order valence-corrected chi connectivity index (χ2v) is 11.3. The van der Waals surface area contributed by atoms with E-state index in [1.165, 1.54) is 23.9 Å². The Morgan fingerprint density at radius 2 is 0.804 bits per heavy atom. The molecule has 10 nitrogen and oxygen atoms in total. The molecule has 4 aromatic carbocycles. The Hall–Kier alpha value is -5.64. The molecule has 0 aromatic heterocycles. The van der Waals surface area contributed by atoms with Crippen LogP contribution in [0.1, 0.15) is 11.1 Å². The Balaban J connectivity index is 1.26. The van der Waals surface area contributed by atoms with Crippen LogP contribution in [0.5, 0.6) is 23.0 Å². The number of carbonyl (C=O) groups excluding carboxylic acids is 2. The summed E-state index contributed by atoms with van der Waals surface area (Å²) >= 11 is 0. The van der Waals surface area contributed by atoms with Crippen LogP contribution in [0, 0.1) is 23.7 Å². The molecule has 4 unspecified atom stereocenters. The third-order valence-electron chi connectivity index (χ3n) is 8.08. The van der Waals surface area contributed by atoms with Crippen molar-refractivity contribution in [3.8, 4) is 23.0 Å². The summed E-state index contributed by atoms with van der Waals surface area (Å²) in [4.78, 5) is 54.4. The quantitative estimate of drug-likeness (QED) is 0.211. The summed E-state index contributed by atoms with van der Waals surface area (Å²) in [5, 5.41) is 19.8. The zero-order chi connectivity index (χ0) is 32.8. The van der Waals surface area contributed by atoms with Crippen LogP contribution in [0.3, 0.4) is 0 Å². The first-order valence-corrected chi connectivity index (χ1v) is 14.7. The van der Waals surface area contributed by atoms with Crippen LogP contribution in [-0.2, 0) is 32.3 Å². The molecule has 0 heterocycles. The van der Waals surface area contributed by atoms with E-state index in [0.29, 0.717) is 23.0 Å². The third kappa shape index (κ3) is 7.18. The predicted molar refractivity (Wildman–Crippen MR) is 168 cm³/mol. The highest BCUT2D eigenvalue weighted by Gasteiger charge is 2.64. The van der Waals surface area contributed by atoms with Gasteiger partial charge in [0.05, 0.1) is 23.7 Å². The molecule has 0 aliphatic heterocycles. The lowest BCUT2D eigenvalue weighted by molar-refractivity contribution is -0.187. The van der Waals surface area contributed by atoms with Crippen molar-refractivity contribution in [2.45, 2.75) is 13.1 Å². The van der Waals surface area contributed by atoms with Crippen molar-refractivity contribution < 1.29 is 38.9 Å². The standard InChI is InChI=1S/C36H34N2O8/c1-37(21-23-13-17-27(18-14-23)45-25-9-5-3-6-10-25)33(39)29-30(32(36(43)44)31(29)35(41)42)34(40)38(2)22-24-15-19-28(20-16-24)46-26-11-7-4-8-12-26/h3-20,29-32H,21-22H2,1-2H3,(H,41,42)(H,43,44). The second kappa shape index (κ2) is 14.0. The Morgan fingerprint density at radius 3 is 1.11 bits per heavy atom. The van der Waals surface area contributed by atoms with E-state index >= 15 is 0 Å². The number of para-hydroxylation sites is 2. The van der Waals surface area contributed by atoms with E-state index in [-0.39, 0.29) is 13.1 Å². The van der Waals surface area contributed by atoms with Gasteiger partial charge in [0.15, 0.2) is 0 Å². The maximum absolute atomic E-state index is 13.7. The maximum atomic E-state index is 13.7. The van der Waals surface area contributed by atoms with Crippen molar-refractivity contribution in [3.05, 3.63) is 120 Å². The van der Waals surface area contributed by atoms with Gasteiger partial charge in [-0.25, -0.2) is 0 Å². The number of amides is 2. The van der Waals surface area contributed by atoms with Crippen LogP contribution in [0.15, 0.2) is 109 Å². The normalized spacial score (nSPS) is 18.5. The smallest absolute Gasteiger partial charge is 0.308 e. The Morgan fingerprint density at radius 1 is 0.500 bits per heavy atom. The molecule has 1 aliphatic carbocycles. The van der Waals surface area contributed by atoms with Crippen molar-refractivity contribution in [2.24, 2.45) is 23.7 Å². The van der Waals surface area contributed by atoms with Gasteiger partial charge in [-0.3, -0.25) is 19.2 Å². The number of carbonyl (C=O) groups is 4. The highest BCUT2D eigenvalue weighted by Crippen LogP contribution is 2.48. The molecule has 2 N–H and O–H groups in total. The summed E-state index contributed by atoms with van der Waals surface area (Å²) in [5.74, 6) is -7.25. The third-order valence-corrected chi connectivity index (χ3v) is 8.08. The van der Waals surface area contributed by atoms with Gasteiger partial charge in [0.25, 0.3) is 0 Å². The van der Waals surface area contributed by atoms with E-state index in [1.807, 2.05) is 60.7 Å². The molecule has 46 heavy (non-hydrogen) atoms. The molecule has 4 atom stereocenters. The van der Waals surface area contributed by atoms with E-state index in [4.69, 9.17) is 9.47 Å². The van der Waals surface area contributed by atoms with Gasteiger partial charge >= 0.3 is 11.9 Å². The summed E-state index contributed by atoms with van der Waals surface area (Å²) in [7, 11) is 3.02. The largest absolute Gasteiger partial charge is 0.481 e. The van der Waals surface area contributed by atoms with Gasteiger partial charge in [0.2, 0.25) is 11.8 Å². The summed E-state index contributed by atoms with van der Waals surface area (Å²) < 4.78 is 11.6. The molecule has 236 valence electrons. The monoisotopic (exact) mass is 622 g/mol. The molecular weight excluding hydrogens is 588 g/mol. The Kier molecular flexibility index (Phi) is 9.66. The van der Waals surface area contributed by atoms with Gasteiger partial charge < -0.3 is 29.5 Å². The number of carboxylic acid groups (broad SMARTS) is 2. The van der Waals surface area contributed by atoms with Crippen molar-refractivity contribution >= 4 is 23.8 Å².